The summed E-state index contributed by atoms with van der Waals surface area (Å²) < 4.78 is 12.8. The number of hydrogen-bond donors (Lipinski definition) is 2. The van der Waals surface area contributed by atoms with Gasteiger partial charge in [0.25, 0.3) is 0 Å². The Balaban J connectivity index is 1.55. The summed E-state index contributed by atoms with van der Waals surface area (Å²) in [6.07, 6.45) is -0.647. The number of benzene rings is 3. The van der Waals surface area contributed by atoms with Gasteiger partial charge in [-0.25, -0.2) is 0 Å². The minimum atomic E-state index is -0.647. The number of ether oxygens (including phenoxy) is 2. The second kappa shape index (κ2) is 9.81. The number of halogens is 2. The second-order valence-electron chi connectivity index (χ2n) is 7.35. The Morgan fingerprint density at radius 3 is 2.62 bits per heavy atom. The quantitative estimate of drug-likeness (QED) is 0.248. The van der Waals surface area contributed by atoms with Crippen LogP contribution < -0.4 is 14.8 Å². The summed E-state index contributed by atoms with van der Waals surface area (Å²) in [5.41, 5.74) is 4.08. The molecule has 10 heteroatoms. The van der Waals surface area contributed by atoms with Crippen molar-refractivity contribution in [3.63, 3.8) is 0 Å². The Morgan fingerprint density at radius 2 is 1.82 bits per heavy atom. The van der Waals surface area contributed by atoms with Crippen molar-refractivity contribution in [1.29, 1.82) is 0 Å². The molecule has 1 aliphatic rings. The largest absolute Gasteiger partial charge is 0.503 e. The first-order valence-electron chi connectivity index (χ1n) is 10.2. The Morgan fingerprint density at radius 1 is 1.06 bits per heavy atom. The van der Waals surface area contributed by atoms with E-state index in [1.165, 1.54) is 24.4 Å². The summed E-state index contributed by atoms with van der Waals surface area (Å²) in [6, 6.07) is 19.6. The lowest BCUT2D eigenvalue weighted by atomic mass is 10.1. The van der Waals surface area contributed by atoms with Crippen LogP contribution >= 0.6 is 43.6 Å². The number of phenols is 1. The number of fused-ring (bicyclic) bond motifs is 3. The molecular formula is C24H18Br2N4O3S. The number of phenolic OH excluding ortho intramolecular Hbond substituents is 1. The summed E-state index contributed by atoms with van der Waals surface area (Å²) in [5.74, 6) is 1.39. The minimum absolute atomic E-state index is 0.00358. The molecule has 4 aromatic rings. The zero-order valence-electron chi connectivity index (χ0n) is 17.8. The molecule has 172 valence electrons. The SMILES string of the molecule is COc1cc([C@@H]2Nc3ccccc3-c3nnc(SCc4ccccc4)nc3O2)c(Br)c(Br)c1O. The molecule has 1 aliphatic heterocycles. The fourth-order valence-corrected chi connectivity index (χ4v) is 5.20. The van der Waals surface area contributed by atoms with Crippen LogP contribution in [0, 0.1) is 0 Å². The van der Waals surface area contributed by atoms with Crippen LogP contribution in [0.3, 0.4) is 0 Å². The number of aromatic hydroxyl groups is 1. The van der Waals surface area contributed by atoms with E-state index in [0.717, 1.165) is 11.3 Å². The molecular weight excluding hydrogens is 584 g/mol. The van der Waals surface area contributed by atoms with Crippen LogP contribution in [0.4, 0.5) is 5.69 Å². The van der Waals surface area contributed by atoms with Gasteiger partial charge in [0.15, 0.2) is 23.4 Å². The van der Waals surface area contributed by atoms with E-state index in [0.29, 0.717) is 42.7 Å². The predicted molar refractivity (Wildman–Crippen MR) is 138 cm³/mol. The zero-order valence-corrected chi connectivity index (χ0v) is 21.8. The van der Waals surface area contributed by atoms with Crippen LogP contribution in [0.2, 0.25) is 0 Å². The highest BCUT2D eigenvalue weighted by atomic mass is 79.9. The van der Waals surface area contributed by atoms with Gasteiger partial charge in [-0.05, 0) is 49.6 Å². The van der Waals surface area contributed by atoms with E-state index in [2.05, 4.69) is 59.5 Å². The monoisotopic (exact) mass is 600 g/mol. The van der Waals surface area contributed by atoms with Gasteiger partial charge in [-0.1, -0.05) is 60.3 Å². The third kappa shape index (κ3) is 4.45. The first-order chi connectivity index (χ1) is 16.5. The summed E-state index contributed by atoms with van der Waals surface area (Å²) in [5, 5.41) is 23.1. The summed E-state index contributed by atoms with van der Waals surface area (Å²) in [7, 11) is 1.50. The number of aromatic nitrogens is 3. The number of thioether (sulfide) groups is 1. The highest BCUT2D eigenvalue weighted by molar-refractivity contribution is 9.13. The maximum Gasteiger partial charge on any atom is 0.247 e. The Labute approximate surface area is 217 Å². The maximum absolute atomic E-state index is 10.4. The fourth-order valence-electron chi connectivity index (χ4n) is 3.53. The molecule has 0 saturated heterocycles. The van der Waals surface area contributed by atoms with Gasteiger partial charge in [0.1, 0.15) is 0 Å². The van der Waals surface area contributed by atoms with Crippen molar-refractivity contribution in [3.8, 4) is 28.6 Å². The molecule has 2 N–H and O–H groups in total. The topological polar surface area (TPSA) is 89.4 Å². The Hall–Kier alpha value is -2.82. The average Bonchev–Trinajstić information content (AvgIpc) is 3.03. The molecule has 0 aliphatic carbocycles. The van der Waals surface area contributed by atoms with E-state index in [-0.39, 0.29) is 5.75 Å². The van der Waals surface area contributed by atoms with Crippen molar-refractivity contribution in [2.24, 2.45) is 0 Å². The molecule has 2 heterocycles. The third-order valence-electron chi connectivity index (χ3n) is 5.22. The molecule has 34 heavy (non-hydrogen) atoms. The second-order valence-corrected chi connectivity index (χ2v) is 9.88. The van der Waals surface area contributed by atoms with E-state index in [1.54, 1.807) is 6.07 Å². The number of methoxy groups -OCH3 is 1. The lowest BCUT2D eigenvalue weighted by molar-refractivity contribution is 0.223. The zero-order chi connectivity index (χ0) is 23.7. The molecule has 0 saturated carbocycles. The van der Waals surface area contributed by atoms with E-state index < -0.39 is 6.23 Å². The number of hydrogen-bond acceptors (Lipinski definition) is 8. The van der Waals surface area contributed by atoms with Gasteiger partial charge >= 0.3 is 0 Å². The van der Waals surface area contributed by atoms with Gasteiger partial charge < -0.3 is 19.9 Å². The minimum Gasteiger partial charge on any atom is -0.503 e. The van der Waals surface area contributed by atoms with E-state index in [4.69, 9.17) is 14.5 Å². The molecule has 0 radical (unpaired) electrons. The molecule has 7 nitrogen and oxygen atoms in total. The van der Waals surface area contributed by atoms with E-state index >= 15 is 0 Å². The highest BCUT2D eigenvalue weighted by Crippen LogP contribution is 2.46. The molecule has 0 spiro atoms. The number of nitrogens with zero attached hydrogens (tertiary/aromatic N) is 3. The molecule has 0 bridgehead atoms. The predicted octanol–water partition coefficient (Wildman–Crippen LogP) is 6.57. The van der Waals surface area contributed by atoms with Crippen LogP contribution in [0.5, 0.6) is 17.4 Å². The van der Waals surface area contributed by atoms with Crippen molar-refractivity contribution >= 4 is 49.3 Å². The Bertz CT molecular complexity index is 1360. The van der Waals surface area contributed by atoms with Gasteiger partial charge in [0, 0.05) is 27.0 Å². The van der Waals surface area contributed by atoms with Crippen LogP contribution in [-0.4, -0.2) is 27.4 Å². The van der Waals surface area contributed by atoms with E-state index in [1.807, 2.05) is 42.5 Å². The summed E-state index contributed by atoms with van der Waals surface area (Å²) in [4.78, 5) is 4.69. The summed E-state index contributed by atoms with van der Waals surface area (Å²) in [6.45, 7) is 0. The number of nitrogens with one attached hydrogen (secondary N) is 1. The molecule has 0 fully saturated rings. The highest BCUT2D eigenvalue weighted by Gasteiger charge is 2.29. The maximum atomic E-state index is 10.4. The molecule has 0 amide bonds. The molecule has 1 atom stereocenters. The number of anilines is 1. The van der Waals surface area contributed by atoms with E-state index in [9.17, 15) is 5.11 Å². The van der Waals surface area contributed by atoms with Crippen molar-refractivity contribution in [3.05, 3.63) is 80.7 Å². The first-order valence-corrected chi connectivity index (χ1v) is 12.8. The third-order valence-corrected chi connectivity index (χ3v) is 8.29. The lowest BCUT2D eigenvalue weighted by Gasteiger charge is -2.22. The van der Waals surface area contributed by atoms with Crippen LogP contribution in [0.25, 0.3) is 11.3 Å². The van der Waals surface area contributed by atoms with Crippen molar-refractivity contribution in [2.75, 3.05) is 12.4 Å². The van der Waals surface area contributed by atoms with Crippen LogP contribution in [0.1, 0.15) is 17.4 Å². The van der Waals surface area contributed by atoms with Crippen LogP contribution in [0.15, 0.2) is 74.8 Å². The number of rotatable bonds is 5. The lowest BCUT2D eigenvalue weighted by Crippen LogP contribution is -2.18. The van der Waals surface area contributed by atoms with Crippen molar-refractivity contribution in [1.82, 2.24) is 15.2 Å². The first kappa shape index (κ1) is 22.9. The molecule has 5 rings (SSSR count). The smallest absolute Gasteiger partial charge is 0.247 e. The molecule has 3 aromatic carbocycles. The fraction of sp³-hybridized carbons (Fsp3) is 0.125. The van der Waals surface area contributed by atoms with Crippen LogP contribution in [-0.2, 0) is 5.75 Å². The van der Waals surface area contributed by atoms with Crippen molar-refractivity contribution in [2.45, 2.75) is 17.1 Å². The number of para-hydroxylation sites is 1. The van der Waals surface area contributed by atoms with Crippen molar-refractivity contribution < 1.29 is 14.6 Å². The van der Waals surface area contributed by atoms with Gasteiger partial charge in [-0.2, -0.15) is 4.98 Å². The van der Waals surface area contributed by atoms with Gasteiger partial charge in [0.2, 0.25) is 11.0 Å². The molecule has 1 aromatic heterocycles. The average molecular weight is 602 g/mol. The van der Waals surface area contributed by atoms with Gasteiger partial charge in [-0.3, -0.25) is 0 Å². The Kier molecular flexibility index (Phi) is 6.62. The molecule has 0 unspecified atom stereocenters. The standard InChI is InChI=1S/C24H18Br2N4O3S/c1-32-17-11-15(18(25)19(26)21(17)31)22-27-16-10-6-5-9-14(16)20-23(33-22)28-24(30-29-20)34-12-13-7-3-2-4-8-13/h2-11,22,27,31H,12H2,1H3/t22-/m1/s1. The summed E-state index contributed by atoms with van der Waals surface area (Å²) >= 11 is 8.48. The normalized spacial score (nSPS) is 14.3. The van der Waals surface area contributed by atoms with Gasteiger partial charge in [0.05, 0.1) is 11.6 Å². The van der Waals surface area contributed by atoms with Gasteiger partial charge in [-0.15, -0.1) is 10.2 Å².